The summed E-state index contributed by atoms with van der Waals surface area (Å²) in [6.07, 6.45) is 1.07. The molecular weight excluding hydrogens is 372 g/mol. The van der Waals surface area contributed by atoms with E-state index in [9.17, 15) is 8.42 Å². The molecule has 1 aromatic carbocycles. The average Bonchev–Trinajstić information content (AvgIpc) is 2.91. The summed E-state index contributed by atoms with van der Waals surface area (Å²) in [7, 11) is -3.57. The highest BCUT2D eigenvalue weighted by Gasteiger charge is 2.18. The lowest BCUT2D eigenvalue weighted by Crippen LogP contribution is -2.15. The normalized spacial score (nSPS) is 11.5. The smallest absolute Gasteiger partial charge is 0.263 e. The minimum absolute atomic E-state index is 0.243. The zero-order chi connectivity index (χ0) is 15.3. The number of halogens is 1. The third-order valence-electron chi connectivity index (χ3n) is 2.82. The topological polar surface area (TPSA) is 58.2 Å². The molecule has 0 aliphatic carbocycles. The summed E-state index contributed by atoms with van der Waals surface area (Å²) >= 11 is 4.80. The van der Waals surface area contributed by atoms with Crippen LogP contribution in [0, 0.1) is 0 Å². The van der Waals surface area contributed by atoms with Crippen LogP contribution in [0.2, 0.25) is 0 Å². The van der Waals surface area contributed by atoms with E-state index in [-0.39, 0.29) is 4.90 Å². The fraction of sp³-hybridized carbons (Fsp3) is 0.286. The van der Waals surface area contributed by atoms with Gasteiger partial charge in [-0.3, -0.25) is 4.72 Å². The highest BCUT2D eigenvalue weighted by Crippen LogP contribution is 2.26. The van der Waals surface area contributed by atoms with E-state index >= 15 is 0 Å². The van der Waals surface area contributed by atoms with Crippen LogP contribution < -0.4 is 10.0 Å². The molecule has 0 saturated carbocycles. The Bertz CT molecular complexity index is 685. The van der Waals surface area contributed by atoms with Crippen molar-refractivity contribution < 1.29 is 8.42 Å². The van der Waals surface area contributed by atoms with Crippen LogP contribution in [0.15, 0.2) is 44.4 Å². The van der Waals surface area contributed by atoms with Crippen LogP contribution >= 0.6 is 27.3 Å². The predicted octanol–water partition coefficient (Wildman–Crippen LogP) is 3.81. The molecule has 2 N–H and O–H groups in total. The molecule has 0 atom stereocenters. The van der Waals surface area contributed by atoms with E-state index in [1.807, 2.05) is 17.5 Å². The summed E-state index contributed by atoms with van der Waals surface area (Å²) < 4.78 is 27.8. The van der Waals surface area contributed by atoms with E-state index in [0.29, 0.717) is 10.2 Å². The van der Waals surface area contributed by atoms with Gasteiger partial charge in [-0.1, -0.05) is 13.0 Å². The van der Waals surface area contributed by atoms with Crippen LogP contribution in [0.25, 0.3) is 0 Å². The van der Waals surface area contributed by atoms with Crippen molar-refractivity contribution in [3.05, 3.63) is 45.1 Å². The minimum atomic E-state index is -3.57. The SMILES string of the molecule is CCCNCc1ccc(S(=O)(=O)Nc2ccsc2)c(Br)c1. The summed E-state index contributed by atoms with van der Waals surface area (Å²) in [5.41, 5.74) is 1.63. The molecule has 114 valence electrons. The Morgan fingerprint density at radius 1 is 1.29 bits per heavy atom. The van der Waals surface area contributed by atoms with Gasteiger partial charge in [0.2, 0.25) is 0 Å². The minimum Gasteiger partial charge on any atom is -0.313 e. The second-order valence-electron chi connectivity index (χ2n) is 4.56. The molecule has 1 heterocycles. The van der Waals surface area contributed by atoms with Crippen molar-refractivity contribution >= 4 is 43.0 Å². The number of nitrogens with one attached hydrogen (secondary N) is 2. The number of sulfonamides is 1. The molecular formula is C14H17BrN2O2S2. The number of hydrogen-bond acceptors (Lipinski definition) is 4. The highest BCUT2D eigenvalue weighted by atomic mass is 79.9. The third-order valence-corrected chi connectivity index (χ3v) is 5.86. The van der Waals surface area contributed by atoms with Gasteiger partial charge in [0.05, 0.1) is 5.69 Å². The molecule has 0 saturated heterocycles. The van der Waals surface area contributed by atoms with Crippen LogP contribution in [0.1, 0.15) is 18.9 Å². The van der Waals surface area contributed by atoms with Crippen molar-refractivity contribution in [2.24, 2.45) is 0 Å². The molecule has 0 fully saturated rings. The van der Waals surface area contributed by atoms with Gasteiger partial charge >= 0.3 is 0 Å². The van der Waals surface area contributed by atoms with Crippen LogP contribution in [0.4, 0.5) is 5.69 Å². The number of rotatable bonds is 7. The molecule has 0 aliphatic heterocycles. The first-order chi connectivity index (χ1) is 10.0. The molecule has 1 aromatic heterocycles. The average molecular weight is 389 g/mol. The Labute approximate surface area is 137 Å². The quantitative estimate of drug-likeness (QED) is 0.708. The van der Waals surface area contributed by atoms with Crippen molar-refractivity contribution in [1.82, 2.24) is 5.32 Å². The van der Waals surface area contributed by atoms with Gasteiger partial charge in [0.1, 0.15) is 4.90 Å². The number of hydrogen-bond donors (Lipinski definition) is 2. The van der Waals surface area contributed by atoms with E-state index in [4.69, 9.17) is 0 Å². The van der Waals surface area contributed by atoms with Gasteiger partial charge in [0, 0.05) is 16.4 Å². The molecule has 0 spiro atoms. The van der Waals surface area contributed by atoms with Crippen molar-refractivity contribution in [1.29, 1.82) is 0 Å². The van der Waals surface area contributed by atoms with E-state index in [2.05, 4.69) is 32.9 Å². The molecule has 4 nitrogen and oxygen atoms in total. The summed E-state index contributed by atoms with van der Waals surface area (Å²) in [6, 6.07) is 7.03. The van der Waals surface area contributed by atoms with Crippen molar-refractivity contribution in [2.45, 2.75) is 24.8 Å². The van der Waals surface area contributed by atoms with Gasteiger partial charge in [-0.05, 0) is 58.0 Å². The van der Waals surface area contributed by atoms with Gasteiger partial charge < -0.3 is 5.32 Å². The maximum Gasteiger partial charge on any atom is 0.263 e. The van der Waals surface area contributed by atoms with Crippen LogP contribution in [-0.2, 0) is 16.6 Å². The Kier molecular flexibility index (Phi) is 5.80. The van der Waals surface area contributed by atoms with Crippen LogP contribution in [0.5, 0.6) is 0 Å². The number of thiophene rings is 1. The molecule has 0 amide bonds. The molecule has 2 rings (SSSR count). The fourth-order valence-electron chi connectivity index (χ4n) is 1.81. The number of anilines is 1. The van der Waals surface area contributed by atoms with Crippen LogP contribution in [0.3, 0.4) is 0 Å². The Hall–Kier alpha value is -0.890. The lowest BCUT2D eigenvalue weighted by molar-refractivity contribution is 0.600. The standard InChI is InChI=1S/C14H17BrN2O2S2/c1-2-6-16-9-11-3-4-14(13(15)8-11)21(18,19)17-12-5-7-20-10-12/h3-5,7-8,10,16-17H,2,6,9H2,1H3. The van der Waals surface area contributed by atoms with E-state index in [1.165, 1.54) is 11.3 Å². The van der Waals surface area contributed by atoms with Gasteiger partial charge in [-0.2, -0.15) is 11.3 Å². The third kappa shape index (κ3) is 4.54. The zero-order valence-electron chi connectivity index (χ0n) is 11.6. The fourth-order valence-corrected chi connectivity index (χ4v) is 4.65. The summed E-state index contributed by atoms with van der Waals surface area (Å²) in [6.45, 7) is 3.77. The van der Waals surface area contributed by atoms with Gasteiger partial charge in [-0.15, -0.1) is 0 Å². The van der Waals surface area contributed by atoms with E-state index in [0.717, 1.165) is 25.1 Å². The molecule has 0 bridgehead atoms. The largest absolute Gasteiger partial charge is 0.313 e. The van der Waals surface area contributed by atoms with Gasteiger partial charge in [0.15, 0.2) is 0 Å². The lowest BCUT2D eigenvalue weighted by atomic mass is 10.2. The molecule has 7 heteroatoms. The van der Waals surface area contributed by atoms with Crippen molar-refractivity contribution in [3.8, 4) is 0 Å². The first-order valence-electron chi connectivity index (χ1n) is 6.57. The zero-order valence-corrected chi connectivity index (χ0v) is 14.8. The summed E-state index contributed by atoms with van der Waals surface area (Å²) in [4.78, 5) is 0.243. The second-order valence-corrected chi connectivity index (χ2v) is 7.84. The Balaban J connectivity index is 2.16. The molecule has 2 aromatic rings. The van der Waals surface area contributed by atoms with Gasteiger partial charge in [-0.25, -0.2) is 8.42 Å². The van der Waals surface area contributed by atoms with E-state index in [1.54, 1.807) is 17.5 Å². The maximum absolute atomic E-state index is 12.3. The van der Waals surface area contributed by atoms with Gasteiger partial charge in [0.25, 0.3) is 10.0 Å². The summed E-state index contributed by atoms with van der Waals surface area (Å²) in [5, 5.41) is 6.88. The van der Waals surface area contributed by atoms with E-state index < -0.39 is 10.0 Å². The molecule has 0 radical (unpaired) electrons. The Morgan fingerprint density at radius 3 is 2.71 bits per heavy atom. The monoisotopic (exact) mass is 388 g/mol. The highest BCUT2D eigenvalue weighted by molar-refractivity contribution is 9.10. The first kappa shape index (κ1) is 16.5. The lowest BCUT2D eigenvalue weighted by Gasteiger charge is -2.10. The number of benzene rings is 1. The predicted molar refractivity (Wildman–Crippen MR) is 91.3 cm³/mol. The molecule has 0 unspecified atom stereocenters. The Morgan fingerprint density at radius 2 is 2.10 bits per heavy atom. The molecule has 0 aliphatic rings. The summed E-state index contributed by atoms with van der Waals surface area (Å²) in [5.74, 6) is 0. The van der Waals surface area contributed by atoms with Crippen molar-refractivity contribution in [3.63, 3.8) is 0 Å². The second kappa shape index (κ2) is 7.40. The molecule has 21 heavy (non-hydrogen) atoms. The maximum atomic E-state index is 12.3. The van der Waals surface area contributed by atoms with Crippen molar-refractivity contribution in [2.75, 3.05) is 11.3 Å². The van der Waals surface area contributed by atoms with Crippen LogP contribution in [-0.4, -0.2) is 15.0 Å². The first-order valence-corrected chi connectivity index (χ1v) is 9.79.